The van der Waals surface area contributed by atoms with Crippen LogP contribution >= 0.6 is 11.6 Å². The topological polar surface area (TPSA) is 41.9 Å². The third-order valence-electron chi connectivity index (χ3n) is 5.86. The molecule has 1 aliphatic rings. The molecule has 0 saturated carbocycles. The Morgan fingerprint density at radius 2 is 1.69 bits per heavy atom. The number of aliphatic hydroxyl groups is 1. The van der Waals surface area contributed by atoms with Crippen LogP contribution in [0.3, 0.4) is 0 Å². The van der Waals surface area contributed by atoms with Crippen molar-refractivity contribution in [3.63, 3.8) is 0 Å². The smallest absolute Gasteiger partial charge is 0.119 e. The van der Waals surface area contributed by atoms with E-state index in [0.717, 1.165) is 49.7 Å². The van der Waals surface area contributed by atoms with E-state index >= 15 is 0 Å². The molecule has 0 aliphatic carbocycles. The van der Waals surface area contributed by atoms with Crippen molar-refractivity contribution in [1.29, 1.82) is 0 Å². The highest BCUT2D eigenvalue weighted by molar-refractivity contribution is 6.30. The van der Waals surface area contributed by atoms with Gasteiger partial charge in [-0.25, -0.2) is 0 Å². The molecule has 2 aromatic rings. The van der Waals surface area contributed by atoms with Crippen LogP contribution < -0.4 is 4.74 Å². The van der Waals surface area contributed by atoms with E-state index in [-0.39, 0.29) is 11.8 Å². The maximum absolute atomic E-state index is 12.2. The molecule has 4 nitrogen and oxygen atoms in total. The largest absolute Gasteiger partial charge is 0.494 e. The van der Waals surface area contributed by atoms with Crippen molar-refractivity contribution in [2.45, 2.75) is 32.3 Å². The van der Waals surface area contributed by atoms with E-state index < -0.39 is 5.60 Å². The van der Waals surface area contributed by atoms with Crippen molar-refractivity contribution in [2.75, 3.05) is 39.5 Å². The van der Waals surface area contributed by atoms with Gasteiger partial charge in [-0.1, -0.05) is 49.7 Å². The summed E-state index contributed by atoms with van der Waals surface area (Å²) in [5, 5.41) is 12.9. The van der Waals surface area contributed by atoms with Gasteiger partial charge >= 0.3 is 0 Å². The molecule has 2 atom stereocenters. The second-order valence-corrected chi connectivity index (χ2v) is 8.39. The van der Waals surface area contributed by atoms with Crippen LogP contribution in [-0.4, -0.2) is 49.5 Å². The van der Waals surface area contributed by atoms with E-state index in [0.29, 0.717) is 11.6 Å². The van der Waals surface area contributed by atoms with Crippen molar-refractivity contribution in [1.82, 2.24) is 4.90 Å². The van der Waals surface area contributed by atoms with Crippen LogP contribution in [0.2, 0.25) is 5.02 Å². The first-order chi connectivity index (χ1) is 13.9. The first kappa shape index (κ1) is 22.1. The van der Waals surface area contributed by atoms with Gasteiger partial charge in [0.2, 0.25) is 0 Å². The molecular weight excluding hydrogens is 386 g/mol. The van der Waals surface area contributed by atoms with Gasteiger partial charge in [-0.3, -0.25) is 4.90 Å². The highest BCUT2D eigenvalue weighted by Gasteiger charge is 2.43. The average Bonchev–Trinajstić information content (AvgIpc) is 2.74. The van der Waals surface area contributed by atoms with E-state index in [1.54, 1.807) is 0 Å². The molecule has 1 fully saturated rings. The minimum atomic E-state index is -1.03. The van der Waals surface area contributed by atoms with Crippen molar-refractivity contribution in [3.8, 4) is 5.75 Å². The number of halogens is 1. The van der Waals surface area contributed by atoms with Crippen LogP contribution in [0.25, 0.3) is 0 Å². The predicted molar refractivity (Wildman–Crippen MR) is 118 cm³/mol. The molecule has 0 radical (unpaired) electrons. The Kier molecular flexibility index (Phi) is 7.58. The number of rotatable bonds is 8. The molecule has 0 amide bonds. The zero-order valence-corrected chi connectivity index (χ0v) is 18.4. The van der Waals surface area contributed by atoms with E-state index in [1.807, 2.05) is 55.5 Å². The maximum atomic E-state index is 12.2. The van der Waals surface area contributed by atoms with Crippen molar-refractivity contribution in [2.24, 2.45) is 5.92 Å². The van der Waals surface area contributed by atoms with Crippen LogP contribution in [0.4, 0.5) is 0 Å². The normalized spacial score (nSPS) is 18.4. The van der Waals surface area contributed by atoms with Gasteiger partial charge in [0, 0.05) is 30.6 Å². The van der Waals surface area contributed by atoms with E-state index in [1.165, 1.54) is 0 Å². The minimum Gasteiger partial charge on any atom is -0.494 e. The van der Waals surface area contributed by atoms with Crippen molar-refractivity contribution < 1.29 is 14.6 Å². The van der Waals surface area contributed by atoms with Crippen LogP contribution in [0.5, 0.6) is 5.75 Å². The SMILES string of the molecule is CCOc1ccc(C(O)(C(C)C)C(CN2CCOCC2)c2ccc(Cl)cc2)cc1. The fraction of sp³-hybridized carbons (Fsp3) is 0.500. The van der Waals surface area contributed by atoms with E-state index in [9.17, 15) is 5.11 Å². The van der Waals surface area contributed by atoms with Crippen LogP contribution in [0.15, 0.2) is 48.5 Å². The lowest BCUT2D eigenvalue weighted by Crippen LogP contribution is -2.47. The monoisotopic (exact) mass is 417 g/mol. The molecule has 5 heteroatoms. The lowest BCUT2D eigenvalue weighted by Gasteiger charge is -2.43. The number of hydrogen-bond donors (Lipinski definition) is 1. The maximum Gasteiger partial charge on any atom is 0.119 e. The fourth-order valence-electron chi connectivity index (χ4n) is 4.16. The Morgan fingerprint density at radius 3 is 2.24 bits per heavy atom. The first-order valence-electron chi connectivity index (χ1n) is 10.5. The quantitative estimate of drug-likeness (QED) is 0.676. The van der Waals surface area contributed by atoms with E-state index in [4.69, 9.17) is 21.1 Å². The third kappa shape index (κ3) is 5.13. The molecule has 1 aliphatic heterocycles. The molecule has 2 unspecified atom stereocenters. The van der Waals surface area contributed by atoms with Gasteiger partial charge in [0.25, 0.3) is 0 Å². The van der Waals surface area contributed by atoms with Gasteiger partial charge in [0.1, 0.15) is 5.75 Å². The third-order valence-corrected chi connectivity index (χ3v) is 6.11. The first-order valence-corrected chi connectivity index (χ1v) is 10.8. The number of hydrogen-bond acceptors (Lipinski definition) is 4. The molecule has 1 heterocycles. The van der Waals surface area contributed by atoms with E-state index in [2.05, 4.69) is 18.7 Å². The Balaban J connectivity index is 2.01. The molecule has 1 saturated heterocycles. The van der Waals surface area contributed by atoms with Gasteiger partial charge in [0.15, 0.2) is 0 Å². The van der Waals surface area contributed by atoms with Crippen molar-refractivity contribution in [3.05, 3.63) is 64.7 Å². The number of benzene rings is 2. The Bertz CT molecular complexity index is 757. The molecule has 0 aromatic heterocycles. The predicted octanol–water partition coefficient (Wildman–Crippen LogP) is 4.70. The lowest BCUT2D eigenvalue weighted by molar-refractivity contribution is -0.0547. The minimum absolute atomic E-state index is 0.0159. The summed E-state index contributed by atoms with van der Waals surface area (Å²) in [5.74, 6) is 0.733. The molecule has 3 rings (SSSR count). The van der Waals surface area contributed by atoms with Crippen LogP contribution in [0.1, 0.15) is 37.8 Å². The van der Waals surface area contributed by atoms with Crippen LogP contribution in [0, 0.1) is 5.92 Å². The van der Waals surface area contributed by atoms with Gasteiger partial charge in [-0.2, -0.15) is 0 Å². The Labute approximate surface area is 179 Å². The fourth-order valence-corrected chi connectivity index (χ4v) is 4.28. The standard InChI is InChI=1S/C24H32ClNO3/c1-4-29-22-11-7-20(8-12-22)24(27,18(2)3)23(17-26-13-15-28-16-14-26)19-5-9-21(25)10-6-19/h5-12,18,23,27H,4,13-17H2,1-3H3. The molecule has 1 N–H and O–H groups in total. The second kappa shape index (κ2) is 9.94. The van der Waals surface area contributed by atoms with Gasteiger partial charge in [0.05, 0.1) is 25.4 Å². The van der Waals surface area contributed by atoms with Crippen LogP contribution in [-0.2, 0) is 10.3 Å². The second-order valence-electron chi connectivity index (χ2n) is 7.95. The van der Waals surface area contributed by atoms with Crippen molar-refractivity contribution >= 4 is 11.6 Å². The molecule has 2 aromatic carbocycles. The Hall–Kier alpha value is -1.59. The zero-order chi connectivity index (χ0) is 20.9. The zero-order valence-electron chi connectivity index (χ0n) is 17.6. The number of ether oxygens (including phenoxy) is 2. The Morgan fingerprint density at radius 1 is 1.07 bits per heavy atom. The summed E-state index contributed by atoms with van der Waals surface area (Å²) < 4.78 is 11.1. The lowest BCUT2D eigenvalue weighted by atomic mass is 9.70. The highest BCUT2D eigenvalue weighted by atomic mass is 35.5. The molecular formula is C24H32ClNO3. The summed E-state index contributed by atoms with van der Waals surface area (Å²) >= 11 is 6.15. The summed E-state index contributed by atoms with van der Waals surface area (Å²) in [6.45, 7) is 10.7. The molecule has 0 spiro atoms. The van der Waals surface area contributed by atoms with Gasteiger partial charge in [-0.05, 0) is 48.2 Å². The summed E-state index contributed by atoms with van der Waals surface area (Å²) in [6, 6.07) is 15.8. The summed E-state index contributed by atoms with van der Waals surface area (Å²) in [5.41, 5.74) is 0.965. The average molecular weight is 418 g/mol. The molecule has 158 valence electrons. The van der Waals surface area contributed by atoms with Gasteiger partial charge in [-0.15, -0.1) is 0 Å². The molecule has 0 bridgehead atoms. The number of morpholine rings is 1. The number of nitrogens with zero attached hydrogens (tertiary/aromatic N) is 1. The summed E-state index contributed by atoms with van der Waals surface area (Å²) in [7, 11) is 0. The molecule has 29 heavy (non-hydrogen) atoms. The highest BCUT2D eigenvalue weighted by Crippen LogP contribution is 2.44. The summed E-state index contributed by atoms with van der Waals surface area (Å²) in [4.78, 5) is 2.38. The summed E-state index contributed by atoms with van der Waals surface area (Å²) in [6.07, 6.45) is 0. The van der Waals surface area contributed by atoms with Gasteiger partial charge < -0.3 is 14.6 Å².